The lowest BCUT2D eigenvalue weighted by Gasteiger charge is -2.09. The van der Waals surface area contributed by atoms with Crippen molar-refractivity contribution >= 4 is 28.6 Å². The number of halogens is 1. The number of ether oxygens (including phenoxy) is 12. The van der Waals surface area contributed by atoms with Crippen LogP contribution in [0.1, 0.15) is 39.0 Å². The monoisotopic (exact) mass is 768 g/mol. The molecule has 0 aromatic rings. The van der Waals surface area contributed by atoms with Gasteiger partial charge in [0.05, 0.1) is 145 Å². The summed E-state index contributed by atoms with van der Waals surface area (Å²) in [4.78, 5) is 11.5. The van der Waals surface area contributed by atoms with E-state index in [1.165, 1.54) is 0 Å². The van der Waals surface area contributed by atoms with Crippen LogP contribution in [0.5, 0.6) is 0 Å². The van der Waals surface area contributed by atoms with Gasteiger partial charge < -0.3 is 56.8 Å². The molecule has 14 heteroatoms. The molecule has 0 saturated heterocycles. The molecular weight excluding hydrogens is 707 g/mol. The minimum Gasteiger partial charge on any atom is -0.463 e. The number of carbonyl (C=O) groups is 1. The Morgan fingerprint density at radius 3 is 0.911 bits per heavy atom. The molecule has 0 aliphatic rings. The van der Waals surface area contributed by atoms with Crippen molar-refractivity contribution in [3.05, 3.63) is 0 Å². The average molecular weight is 769 g/mol. The summed E-state index contributed by atoms with van der Waals surface area (Å²) in [6.45, 7) is 13.9. The Bertz CT molecular complexity index is 564. The second-order valence-corrected chi connectivity index (χ2v) is 10.5. The van der Waals surface area contributed by atoms with Crippen LogP contribution in [0.25, 0.3) is 0 Å². The van der Waals surface area contributed by atoms with E-state index in [9.17, 15) is 4.79 Å². The van der Waals surface area contributed by atoms with Crippen LogP contribution in [-0.2, 0) is 61.6 Å². The predicted octanol–water partition coefficient (Wildman–Crippen LogP) is 3.12. The van der Waals surface area contributed by atoms with Gasteiger partial charge in [-0.2, -0.15) is 0 Å². The number of esters is 1. The number of hydrogen-bond donors (Lipinski definition) is 0. The van der Waals surface area contributed by atoms with E-state index in [4.69, 9.17) is 56.8 Å². The summed E-state index contributed by atoms with van der Waals surface area (Å²) in [6, 6.07) is 0. The van der Waals surface area contributed by atoms with E-state index in [-0.39, 0.29) is 12.6 Å². The first-order valence-electron chi connectivity index (χ1n) is 16.4. The van der Waals surface area contributed by atoms with Crippen molar-refractivity contribution in [1.82, 2.24) is 0 Å². The van der Waals surface area contributed by atoms with Crippen LogP contribution in [-0.4, -0.2) is 162 Å². The number of unbranched alkanes of at least 4 members (excludes halogenated alkanes) is 3. The minimum absolute atomic E-state index is 0.151. The fourth-order valence-corrected chi connectivity index (χ4v) is 3.65. The molecule has 0 radical (unpaired) electrons. The molecule has 0 amide bonds. The molecule has 0 rings (SSSR count). The molecule has 0 aromatic heterocycles. The summed E-state index contributed by atoms with van der Waals surface area (Å²) >= 11 is 2.28. The highest BCUT2D eigenvalue weighted by Crippen LogP contribution is 2.03. The fourth-order valence-electron chi connectivity index (χ4n) is 3.34. The van der Waals surface area contributed by atoms with Crippen molar-refractivity contribution in [2.45, 2.75) is 39.0 Å². The van der Waals surface area contributed by atoms with Gasteiger partial charge in [-0.1, -0.05) is 48.8 Å². The standard InChI is InChI=1S/C31H61IO13/c1-2-3-4-5-6-31(33)45-30-29-44-28-27-43-26-25-42-24-23-41-22-21-40-20-19-39-18-17-38-16-15-37-14-13-36-12-11-35-10-9-34-8-7-32/h2-30H2,1H3. The van der Waals surface area contributed by atoms with Gasteiger partial charge in [0.25, 0.3) is 0 Å². The molecule has 0 aliphatic heterocycles. The van der Waals surface area contributed by atoms with Gasteiger partial charge in [0.2, 0.25) is 0 Å². The van der Waals surface area contributed by atoms with Crippen LogP contribution in [0, 0.1) is 0 Å². The van der Waals surface area contributed by atoms with Gasteiger partial charge in [0.15, 0.2) is 0 Å². The Hall–Kier alpha value is -0.240. The lowest BCUT2D eigenvalue weighted by Crippen LogP contribution is -2.15. The molecule has 0 fully saturated rings. The van der Waals surface area contributed by atoms with Crippen LogP contribution in [0.2, 0.25) is 0 Å². The highest BCUT2D eigenvalue weighted by Gasteiger charge is 2.02. The fraction of sp³-hybridized carbons (Fsp3) is 0.968. The van der Waals surface area contributed by atoms with E-state index < -0.39 is 0 Å². The van der Waals surface area contributed by atoms with E-state index in [1.807, 2.05) is 0 Å². The van der Waals surface area contributed by atoms with E-state index in [1.54, 1.807) is 0 Å². The zero-order valence-electron chi connectivity index (χ0n) is 27.7. The summed E-state index contributed by atoms with van der Waals surface area (Å²) in [5, 5.41) is 0. The summed E-state index contributed by atoms with van der Waals surface area (Å²) < 4.78 is 65.9. The van der Waals surface area contributed by atoms with Crippen molar-refractivity contribution in [2.24, 2.45) is 0 Å². The van der Waals surface area contributed by atoms with Crippen LogP contribution in [0.4, 0.5) is 0 Å². The predicted molar refractivity (Wildman–Crippen MR) is 178 cm³/mol. The molecule has 0 bridgehead atoms. The third kappa shape index (κ3) is 41.7. The Labute approximate surface area is 284 Å². The van der Waals surface area contributed by atoms with Crippen molar-refractivity contribution < 1.29 is 61.6 Å². The summed E-state index contributed by atoms with van der Waals surface area (Å²) in [5.41, 5.74) is 0. The lowest BCUT2D eigenvalue weighted by atomic mass is 10.2. The lowest BCUT2D eigenvalue weighted by molar-refractivity contribution is -0.145. The van der Waals surface area contributed by atoms with Gasteiger partial charge in [0.1, 0.15) is 6.61 Å². The van der Waals surface area contributed by atoms with Crippen LogP contribution in [0.3, 0.4) is 0 Å². The molecule has 13 nitrogen and oxygen atoms in total. The summed E-state index contributed by atoms with van der Waals surface area (Å²) in [5.74, 6) is -0.151. The largest absolute Gasteiger partial charge is 0.463 e. The maximum absolute atomic E-state index is 11.5. The molecule has 0 unspecified atom stereocenters. The normalized spacial score (nSPS) is 11.4. The van der Waals surface area contributed by atoms with Crippen LogP contribution < -0.4 is 0 Å². The molecule has 0 heterocycles. The highest BCUT2D eigenvalue weighted by atomic mass is 127. The maximum atomic E-state index is 11.5. The highest BCUT2D eigenvalue weighted by molar-refractivity contribution is 14.1. The molecule has 45 heavy (non-hydrogen) atoms. The second kappa shape index (κ2) is 41.8. The maximum Gasteiger partial charge on any atom is 0.305 e. The van der Waals surface area contributed by atoms with Gasteiger partial charge in [-0.3, -0.25) is 4.79 Å². The van der Waals surface area contributed by atoms with Crippen molar-refractivity contribution in [2.75, 3.05) is 156 Å². The third-order valence-electron chi connectivity index (χ3n) is 5.67. The number of carbonyl (C=O) groups excluding carboxylic acids is 1. The Morgan fingerprint density at radius 2 is 0.644 bits per heavy atom. The van der Waals surface area contributed by atoms with Crippen molar-refractivity contribution in [3.8, 4) is 0 Å². The molecule has 270 valence electrons. The molecule has 0 saturated carbocycles. The van der Waals surface area contributed by atoms with Gasteiger partial charge in [-0.25, -0.2) is 0 Å². The second-order valence-electron chi connectivity index (χ2n) is 9.46. The number of alkyl halides is 1. The number of hydrogen-bond acceptors (Lipinski definition) is 13. The van der Waals surface area contributed by atoms with Crippen molar-refractivity contribution in [3.63, 3.8) is 0 Å². The quantitative estimate of drug-likeness (QED) is 0.0393. The third-order valence-corrected chi connectivity index (χ3v) is 6.11. The molecule has 0 aliphatic carbocycles. The van der Waals surface area contributed by atoms with E-state index >= 15 is 0 Å². The first-order valence-corrected chi connectivity index (χ1v) is 17.9. The zero-order chi connectivity index (χ0) is 32.6. The van der Waals surface area contributed by atoms with Gasteiger partial charge in [-0.15, -0.1) is 0 Å². The van der Waals surface area contributed by atoms with E-state index in [0.717, 1.165) is 36.7 Å². The van der Waals surface area contributed by atoms with E-state index in [0.29, 0.717) is 145 Å². The number of rotatable bonds is 40. The van der Waals surface area contributed by atoms with E-state index in [2.05, 4.69) is 29.5 Å². The molecular formula is C31H61IO13. The van der Waals surface area contributed by atoms with Crippen molar-refractivity contribution in [1.29, 1.82) is 0 Å². The van der Waals surface area contributed by atoms with Crippen LogP contribution >= 0.6 is 22.6 Å². The summed E-state index contributed by atoms with van der Waals surface area (Å²) in [7, 11) is 0. The Balaban J connectivity index is 3.07. The van der Waals surface area contributed by atoms with Crippen LogP contribution in [0.15, 0.2) is 0 Å². The first kappa shape index (κ1) is 44.8. The van der Waals surface area contributed by atoms with Gasteiger partial charge in [-0.05, 0) is 6.42 Å². The SMILES string of the molecule is CCCCCCC(=O)OCCOCCOCCOCCOCCOCCOCCOCCOCCOCCOCCOCCI. The molecule has 0 aromatic carbocycles. The van der Waals surface area contributed by atoms with Gasteiger partial charge >= 0.3 is 5.97 Å². The summed E-state index contributed by atoms with van der Waals surface area (Å²) in [6.07, 6.45) is 4.76. The average Bonchev–Trinajstić information content (AvgIpc) is 3.05. The molecule has 0 N–H and O–H groups in total. The van der Waals surface area contributed by atoms with Gasteiger partial charge in [0, 0.05) is 10.8 Å². The Kier molecular flexibility index (Phi) is 41.6. The Morgan fingerprint density at radius 1 is 0.378 bits per heavy atom. The minimum atomic E-state index is -0.151. The smallest absolute Gasteiger partial charge is 0.305 e. The molecule has 0 spiro atoms. The first-order chi connectivity index (χ1) is 22.3. The molecule has 0 atom stereocenters. The topological polar surface area (TPSA) is 128 Å². The zero-order valence-corrected chi connectivity index (χ0v) is 29.8.